The molecule has 0 radical (unpaired) electrons. The summed E-state index contributed by atoms with van der Waals surface area (Å²) in [6.07, 6.45) is 3.61. The van der Waals surface area contributed by atoms with E-state index in [0.717, 1.165) is 5.56 Å². The van der Waals surface area contributed by atoms with Crippen molar-refractivity contribution in [2.75, 3.05) is 5.32 Å². The van der Waals surface area contributed by atoms with Gasteiger partial charge in [-0.3, -0.25) is 14.3 Å². The Morgan fingerprint density at radius 1 is 1.00 bits per heavy atom. The average Bonchev–Trinajstić information content (AvgIpc) is 3.09. The fourth-order valence-electron chi connectivity index (χ4n) is 2.26. The second-order valence-corrected chi connectivity index (χ2v) is 5.30. The maximum absolute atomic E-state index is 12.2. The van der Waals surface area contributed by atoms with Gasteiger partial charge in [0.1, 0.15) is 0 Å². The molecule has 2 aromatic carbocycles. The third-order valence-corrected chi connectivity index (χ3v) is 3.55. The predicted molar refractivity (Wildman–Crippen MR) is 90.7 cm³/mol. The number of hydrogen-bond donors (Lipinski definition) is 2. The number of rotatable bonds is 5. The molecule has 3 rings (SSSR count). The summed E-state index contributed by atoms with van der Waals surface area (Å²) in [6, 6.07) is 15.6. The molecule has 0 saturated carbocycles. The van der Waals surface area contributed by atoms with E-state index >= 15 is 0 Å². The maximum Gasteiger partial charge on any atom is 0.255 e. The zero-order valence-corrected chi connectivity index (χ0v) is 12.8. The number of anilines is 1. The van der Waals surface area contributed by atoms with Gasteiger partial charge in [-0.2, -0.15) is 5.10 Å². The molecule has 0 spiro atoms. The van der Waals surface area contributed by atoms with Crippen LogP contribution in [-0.2, 0) is 6.54 Å². The van der Waals surface area contributed by atoms with E-state index in [1.165, 1.54) is 0 Å². The van der Waals surface area contributed by atoms with Gasteiger partial charge in [0.25, 0.3) is 5.91 Å². The fourth-order valence-corrected chi connectivity index (χ4v) is 2.26. The fraction of sp³-hybridized carbons (Fsp3) is 0.0556. The second kappa shape index (κ2) is 6.78. The van der Waals surface area contributed by atoms with Gasteiger partial charge in [-0.15, -0.1) is 0 Å². The Balaban J connectivity index is 1.65. The Labute approximate surface area is 138 Å². The number of primary amides is 1. The van der Waals surface area contributed by atoms with E-state index in [1.807, 2.05) is 29.1 Å². The minimum absolute atomic E-state index is 0.215. The largest absolute Gasteiger partial charge is 0.366 e. The zero-order chi connectivity index (χ0) is 16.9. The highest BCUT2D eigenvalue weighted by Gasteiger charge is 2.07. The van der Waals surface area contributed by atoms with E-state index in [-0.39, 0.29) is 5.91 Å². The van der Waals surface area contributed by atoms with Crippen LogP contribution in [0.1, 0.15) is 26.3 Å². The van der Waals surface area contributed by atoms with Crippen LogP contribution in [0.5, 0.6) is 0 Å². The summed E-state index contributed by atoms with van der Waals surface area (Å²) in [5.74, 6) is -0.715. The highest BCUT2D eigenvalue weighted by atomic mass is 16.2. The average molecular weight is 320 g/mol. The van der Waals surface area contributed by atoms with Crippen LogP contribution in [0, 0.1) is 0 Å². The molecule has 1 aromatic heterocycles. The second-order valence-electron chi connectivity index (χ2n) is 5.30. The van der Waals surface area contributed by atoms with Crippen molar-refractivity contribution in [3.8, 4) is 0 Å². The van der Waals surface area contributed by atoms with Crippen LogP contribution in [0.25, 0.3) is 0 Å². The molecule has 0 unspecified atom stereocenters. The summed E-state index contributed by atoms with van der Waals surface area (Å²) in [7, 11) is 0. The number of nitrogens with two attached hydrogens (primary N) is 1. The van der Waals surface area contributed by atoms with Crippen LogP contribution in [0.4, 0.5) is 5.69 Å². The molecule has 120 valence electrons. The van der Waals surface area contributed by atoms with Crippen LogP contribution in [0.15, 0.2) is 67.0 Å². The quantitative estimate of drug-likeness (QED) is 0.755. The first-order valence-corrected chi connectivity index (χ1v) is 7.39. The topological polar surface area (TPSA) is 90.0 Å². The Bertz CT molecular complexity index is 838. The van der Waals surface area contributed by atoms with E-state index in [2.05, 4.69) is 10.4 Å². The van der Waals surface area contributed by atoms with E-state index in [4.69, 9.17) is 5.73 Å². The van der Waals surface area contributed by atoms with Crippen LogP contribution < -0.4 is 11.1 Å². The van der Waals surface area contributed by atoms with Gasteiger partial charge in [-0.1, -0.05) is 12.1 Å². The Hall–Kier alpha value is -3.41. The van der Waals surface area contributed by atoms with Gasteiger partial charge < -0.3 is 11.1 Å². The molecule has 0 fully saturated rings. The smallest absolute Gasteiger partial charge is 0.255 e. The standard InChI is InChI=1S/C18H16N4O2/c19-17(23)14-6-8-16(9-7-14)21-18(24)15-4-2-13(3-5-15)12-22-11-1-10-20-22/h1-11H,12H2,(H2,19,23)(H,21,24). The van der Waals surface area contributed by atoms with Crippen molar-refractivity contribution < 1.29 is 9.59 Å². The molecule has 6 heteroatoms. The van der Waals surface area contributed by atoms with Crippen LogP contribution in [-0.4, -0.2) is 21.6 Å². The zero-order valence-electron chi connectivity index (χ0n) is 12.8. The lowest BCUT2D eigenvalue weighted by atomic mass is 10.1. The third-order valence-electron chi connectivity index (χ3n) is 3.55. The first-order valence-electron chi connectivity index (χ1n) is 7.39. The number of carbonyl (C=O) groups excluding carboxylic acids is 2. The molecule has 0 aliphatic carbocycles. The number of aromatic nitrogens is 2. The molecule has 24 heavy (non-hydrogen) atoms. The molecule has 0 atom stereocenters. The van der Waals surface area contributed by atoms with Gasteiger partial charge >= 0.3 is 0 Å². The number of carbonyl (C=O) groups is 2. The Morgan fingerprint density at radius 2 is 1.67 bits per heavy atom. The van der Waals surface area contributed by atoms with E-state index in [1.54, 1.807) is 42.6 Å². The Kier molecular flexibility index (Phi) is 4.38. The first kappa shape index (κ1) is 15.5. The van der Waals surface area contributed by atoms with Crippen molar-refractivity contribution in [2.45, 2.75) is 6.54 Å². The molecule has 0 aliphatic heterocycles. The van der Waals surface area contributed by atoms with Gasteiger partial charge in [-0.05, 0) is 48.0 Å². The summed E-state index contributed by atoms with van der Waals surface area (Å²) in [6.45, 7) is 0.656. The first-order chi connectivity index (χ1) is 11.6. The minimum atomic E-state index is -0.499. The van der Waals surface area contributed by atoms with Crippen LogP contribution in [0.2, 0.25) is 0 Å². The minimum Gasteiger partial charge on any atom is -0.366 e. The summed E-state index contributed by atoms with van der Waals surface area (Å²) >= 11 is 0. The van der Waals surface area contributed by atoms with Crippen molar-refractivity contribution in [3.05, 3.63) is 83.7 Å². The monoisotopic (exact) mass is 320 g/mol. The molecular weight excluding hydrogens is 304 g/mol. The van der Waals surface area contributed by atoms with Crippen LogP contribution in [0.3, 0.4) is 0 Å². The SMILES string of the molecule is NC(=O)c1ccc(NC(=O)c2ccc(Cn3cccn3)cc2)cc1. The van der Waals surface area contributed by atoms with Crippen LogP contribution >= 0.6 is 0 Å². The summed E-state index contributed by atoms with van der Waals surface area (Å²) in [5.41, 5.74) is 7.80. The number of benzene rings is 2. The van der Waals surface area contributed by atoms with Crippen molar-refractivity contribution in [1.82, 2.24) is 9.78 Å². The molecule has 3 aromatic rings. The number of nitrogens with one attached hydrogen (secondary N) is 1. The molecule has 0 saturated heterocycles. The Morgan fingerprint density at radius 3 is 2.25 bits per heavy atom. The predicted octanol–water partition coefficient (Wildman–Crippen LogP) is 2.28. The van der Waals surface area contributed by atoms with Gasteiger partial charge in [0.2, 0.25) is 5.91 Å². The van der Waals surface area contributed by atoms with Crippen molar-refractivity contribution in [1.29, 1.82) is 0 Å². The molecule has 1 heterocycles. The molecule has 2 amide bonds. The van der Waals surface area contributed by atoms with Crippen molar-refractivity contribution in [2.24, 2.45) is 5.73 Å². The van der Waals surface area contributed by atoms with Gasteiger partial charge in [-0.25, -0.2) is 0 Å². The van der Waals surface area contributed by atoms with Gasteiger partial charge in [0.15, 0.2) is 0 Å². The van der Waals surface area contributed by atoms with Crippen molar-refractivity contribution >= 4 is 17.5 Å². The van der Waals surface area contributed by atoms with Gasteiger partial charge in [0.05, 0.1) is 6.54 Å². The lowest BCUT2D eigenvalue weighted by molar-refractivity contribution is 0.0998. The normalized spacial score (nSPS) is 10.3. The number of amides is 2. The highest BCUT2D eigenvalue weighted by Crippen LogP contribution is 2.12. The molecular formula is C18H16N4O2. The highest BCUT2D eigenvalue weighted by molar-refractivity contribution is 6.04. The molecule has 0 aliphatic rings. The summed E-state index contributed by atoms with van der Waals surface area (Å²) in [5, 5.41) is 6.93. The lowest BCUT2D eigenvalue weighted by Crippen LogP contribution is -2.13. The third kappa shape index (κ3) is 3.67. The maximum atomic E-state index is 12.2. The van der Waals surface area contributed by atoms with Gasteiger partial charge in [0, 0.05) is 29.2 Å². The molecule has 0 bridgehead atoms. The van der Waals surface area contributed by atoms with Crippen molar-refractivity contribution in [3.63, 3.8) is 0 Å². The number of hydrogen-bond acceptors (Lipinski definition) is 3. The number of nitrogens with zero attached hydrogens (tertiary/aromatic N) is 2. The van der Waals surface area contributed by atoms with E-state index in [0.29, 0.717) is 23.4 Å². The van der Waals surface area contributed by atoms with E-state index in [9.17, 15) is 9.59 Å². The molecule has 3 N–H and O–H groups in total. The lowest BCUT2D eigenvalue weighted by Gasteiger charge is -2.07. The summed E-state index contributed by atoms with van der Waals surface area (Å²) in [4.78, 5) is 23.3. The molecule has 6 nitrogen and oxygen atoms in total. The van der Waals surface area contributed by atoms with E-state index < -0.39 is 5.91 Å². The summed E-state index contributed by atoms with van der Waals surface area (Å²) < 4.78 is 1.81.